The molecule has 0 aromatic heterocycles. The van der Waals surface area contributed by atoms with Gasteiger partial charge in [-0.15, -0.1) is 0 Å². The SMILES string of the molecule is C=C(CC(C)CC(C)(C)C)OCCN1C(C)(C)CC(OC(=O)CC(C)CC(C)(C)C)CC1(C)C. The first-order valence-electron chi connectivity index (χ1n) is 13.5. The lowest BCUT2D eigenvalue weighted by atomic mass is 9.78. The fourth-order valence-corrected chi connectivity index (χ4v) is 6.40. The molecule has 2 atom stereocenters. The van der Waals surface area contributed by atoms with Gasteiger partial charge in [0, 0.05) is 43.3 Å². The molecule has 0 aromatic rings. The molecule has 0 amide bonds. The third-order valence-corrected chi connectivity index (χ3v) is 6.85. The molecule has 4 heteroatoms. The molecule has 1 aliphatic rings. The van der Waals surface area contributed by atoms with E-state index in [0.717, 1.165) is 44.4 Å². The molecule has 34 heavy (non-hydrogen) atoms. The van der Waals surface area contributed by atoms with E-state index >= 15 is 0 Å². The Balaban J connectivity index is 2.59. The van der Waals surface area contributed by atoms with Crippen LogP contribution in [0.1, 0.15) is 122 Å². The molecular formula is C30H57NO3. The molecule has 0 spiro atoms. The summed E-state index contributed by atoms with van der Waals surface area (Å²) in [5.41, 5.74) is 0.404. The highest BCUT2D eigenvalue weighted by Gasteiger charge is 2.46. The first-order valence-corrected chi connectivity index (χ1v) is 13.5. The molecule has 1 aliphatic heterocycles. The van der Waals surface area contributed by atoms with Crippen LogP contribution in [0.3, 0.4) is 0 Å². The quantitative estimate of drug-likeness (QED) is 0.222. The van der Waals surface area contributed by atoms with E-state index in [9.17, 15) is 4.79 Å². The van der Waals surface area contributed by atoms with Gasteiger partial charge in [0.1, 0.15) is 12.7 Å². The fraction of sp³-hybridized carbons (Fsp3) is 0.900. The maximum atomic E-state index is 12.7. The summed E-state index contributed by atoms with van der Waals surface area (Å²) in [4.78, 5) is 15.2. The Labute approximate surface area is 212 Å². The molecule has 1 rings (SSSR count). The molecule has 1 fully saturated rings. The molecular weight excluding hydrogens is 422 g/mol. The van der Waals surface area contributed by atoms with Gasteiger partial charge in [-0.3, -0.25) is 9.69 Å². The number of ether oxygens (including phenoxy) is 2. The zero-order chi connectivity index (χ0) is 26.5. The molecule has 0 aromatic carbocycles. The third-order valence-electron chi connectivity index (χ3n) is 6.85. The average Bonchev–Trinajstić information content (AvgIpc) is 2.52. The van der Waals surface area contributed by atoms with Gasteiger partial charge in [0.2, 0.25) is 0 Å². The zero-order valence-electron chi connectivity index (χ0n) is 24.8. The number of piperidine rings is 1. The molecule has 0 radical (unpaired) electrons. The first-order chi connectivity index (χ1) is 15.2. The number of esters is 1. The summed E-state index contributed by atoms with van der Waals surface area (Å²) in [7, 11) is 0. The monoisotopic (exact) mass is 479 g/mol. The van der Waals surface area contributed by atoms with Crippen LogP contribution in [0.25, 0.3) is 0 Å². The maximum absolute atomic E-state index is 12.7. The Morgan fingerprint density at radius 1 is 0.912 bits per heavy atom. The van der Waals surface area contributed by atoms with Crippen LogP contribution < -0.4 is 0 Å². The molecule has 2 unspecified atom stereocenters. The molecule has 0 saturated carbocycles. The van der Waals surface area contributed by atoms with Gasteiger partial charge >= 0.3 is 5.97 Å². The van der Waals surface area contributed by atoms with Crippen LogP contribution in [-0.2, 0) is 14.3 Å². The van der Waals surface area contributed by atoms with Crippen molar-refractivity contribution in [2.45, 2.75) is 139 Å². The van der Waals surface area contributed by atoms with Crippen LogP contribution in [0.4, 0.5) is 0 Å². The second-order valence-corrected chi connectivity index (χ2v) is 14.8. The summed E-state index contributed by atoms with van der Waals surface area (Å²) >= 11 is 0. The largest absolute Gasteiger partial charge is 0.497 e. The number of hydrogen-bond donors (Lipinski definition) is 0. The second-order valence-electron chi connectivity index (χ2n) is 14.8. The van der Waals surface area contributed by atoms with E-state index in [1.165, 1.54) is 0 Å². The van der Waals surface area contributed by atoms with Gasteiger partial charge in [0.05, 0.1) is 5.76 Å². The molecule has 1 saturated heterocycles. The third kappa shape index (κ3) is 11.6. The topological polar surface area (TPSA) is 38.8 Å². The summed E-state index contributed by atoms with van der Waals surface area (Å²) in [6.07, 6.45) is 5.26. The molecule has 0 aliphatic carbocycles. The van der Waals surface area contributed by atoms with Crippen LogP contribution in [0.15, 0.2) is 12.3 Å². The second kappa shape index (κ2) is 11.8. The van der Waals surface area contributed by atoms with Crippen molar-refractivity contribution in [2.24, 2.45) is 22.7 Å². The lowest BCUT2D eigenvalue weighted by Crippen LogP contribution is -2.63. The number of likely N-dealkylation sites (tertiary alicyclic amines) is 1. The van der Waals surface area contributed by atoms with E-state index in [4.69, 9.17) is 9.47 Å². The van der Waals surface area contributed by atoms with Gasteiger partial charge in [0.15, 0.2) is 0 Å². The van der Waals surface area contributed by atoms with Gasteiger partial charge in [-0.05, 0) is 63.2 Å². The number of carbonyl (C=O) groups is 1. The number of carbonyl (C=O) groups excluding carboxylic acids is 1. The number of rotatable bonds is 11. The molecule has 0 N–H and O–H groups in total. The van der Waals surface area contributed by atoms with Crippen molar-refractivity contribution < 1.29 is 14.3 Å². The Bertz CT molecular complexity index is 648. The Hall–Kier alpha value is -1.03. The van der Waals surface area contributed by atoms with Crippen molar-refractivity contribution >= 4 is 5.97 Å². The smallest absolute Gasteiger partial charge is 0.306 e. The van der Waals surface area contributed by atoms with Crippen LogP contribution >= 0.6 is 0 Å². The van der Waals surface area contributed by atoms with Gasteiger partial charge in [-0.1, -0.05) is 62.0 Å². The van der Waals surface area contributed by atoms with E-state index in [1.54, 1.807) is 0 Å². The van der Waals surface area contributed by atoms with Gasteiger partial charge < -0.3 is 9.47 Å². The summed E-state index contributed by atoms with van der Waals surface area (Å²) in [5, 5.41) is 0. The Morgan fingerprint density at radius 2 is 1.35 bits per heavy atom. The van der Waals surface area contributed by atoms with E-state index in [-0.39, 0.29) is 28.6 Å². The number of hydrogen-bond acceptors (Lipinski definition) is 4. The minimum Gasteiger partial charge on any atom is -0.497 e. The average molecular weight is 480 g/mol. The van der Waals surface area contributed by atoms with Crippen LogP contribution in [0, 0.1) is 22.7 Å². The molecule has 1 heterocycles. The van der Waals surface area contributed by atoms with Gasteiger partial charge in [0.25, 0.3) is 0 Å². The molecule has 0 bridgehead atoms. The molecule has 4 nitrogen and oxygen atoms in total. The summed E-state index contributed by atoms with van der Waals surface area (Å²) < 4.78 is 12.1. The van der Waals surface area contributed by atoms with E-state index < -0.39 is 0 Å². The minimum atomic E-state index is -0.0755. The number of nitrogens with zero attached hydrogens (tertiary/aromatic N) is 1. The van der Waals surface area contributed by atoms with Crippen molar-refractivity contribution in [1.82, 2.24) is 4.90 Å². The van der Waals surface area contributed by atoms with Gasteiger partial charge in [-0.25, -0.2) is 0 Å². The highest BCUT2D eigenvalue weighted by Crippen LogP contribution is 2.40. The zero-order valence-corrected chi connectivity index (χ0v) is 24.8. The van der Waals surface area contributed by atoms with Crippen molar-refractivity contribution in [2.75, 3.05) is 13.2 Å². The van der Waals surface area contributed by atoms with Crippen LogP contribution in [0.5, 0.6) is 0 Å². The van der Waals surface area contributed by atoms with Crippen molar-refractivity contribution in [1.29, 1.82) is 0 Å². The summed E-state index contributed by atoms with van der Waals surface area (Å²) in [5.74, 6) is 1.74. The Kier molecular flexibility index (Phi) is 10.8. The first kappa shape index (κ1) is 31.0. The van der Waals surface area contributed by atoms with E-state index in [1.807, 2.05) is 0 Å². The van der Waals surface area contributed by atoms with Crippen LogP contribution in [0.2, 0.25) is 0 Å². The predicted octanol–water partition coefficient (Wildman–Crippen LogP) is 8.01. The number of allylic oxidation sites excluding steroid dienone is 1. The minimum absolute atomic E-state index is 0.0373. The Morgan fingerprint density at radius 3 is 1.79 bits per heavy atom. The highest BCUT2D eigenvalue weighted by molar-refractivity contribution is 5.69. The van der Waals surface area contributed by atoms with Crippen LogP contribution in [-0.4, -0.2) is 41.2 Å². The van der Waals surface area contributed by atoms with Crippen molar-refractivity contribution in [3.8, 4) is 0 Å². The van der Waals surface area contributed by atoms with E-state index in [2.05, 4.69) is 94.6 Å². The van der Waals surface area contributed by atoms with Gasteiger partial charge in [-0.2, -0.15) is 0 Å². The maximum Gasteiger partial charge on any atom is 0.306 e. The highest BCUT2D eigenvalue weighted by atomic mass is 16.5. The lowest BCUT2D eigenvalue weighted by molar-refractivity contribution is -0.162. The predicted molar refractivity (Wildman–Crippen MR) is 145 cm³/mol. The van der Waals surface area contributed by atoms with Crippen molar-refractivity contribution in [3.05, 3.63) is 12.3 Å². The lowest BCUT2D eigenvalue weighted by Gasteiger charge is -2.54. The fourth-order valence-electron chi connectivity index (χ4n) is 6.40. The van der Waals surface area contributed by atoms with E-state index in [0.29, 0.717) is 30.3 Å². The van der Waals surface area contributed by atoms with Crippen molar-refractivity contribution in [3.63, 3.8) is 0 Å². The summed E-state index contributed by atoms with van der Waals surface area (Å²) in [6, 6.07) is 0. The standard InChI is InChI=1S/C30H57NO3/c1-22(18-27(4,5)6)16-24(3)33-15-14-31-29(10,11)20-25(21-30(31,12)13)34-26(32)17-23(2)19-28(7,8)9/h22-23,25H,3,14-21H2,1-2,4-13H3. The molecule has 200 valence electrons. The normalized spacial score (nSPS) is 21.1. The summed E-state index contributed by atoms with van der Waals surface area (Å²) in [6.45, 7) is 32.7.